The third kappa shape index (κ3) is 1.68. The lowest BCUT2D eigenvalue weighted by Crippen LogP contribution is -2.14. The molecular formula is C9H12OS2. The molecular weight excluding hydrogens is 188 g/mol. The molecule has 0 spiro atoms. The van der Waals surface area contributed by atoms with Gasteiger partial charge in [0.15, 0.2) is 0 Å². The van der Waals surface area contributed by atoms with Gasteiger partial charge in [-0.3, -0.25) is 0 Å². The van der Waals surface area contributed by atoms with Gasteiger partial charge in [-0.15, -0.1) is 23.1 Å². The van der Waals surface area contributed by atoms with Crippen LogP contribution in [0.5, 0.6) is 0 Å². The van der Waals surface area contributed by atoms with E-state index in [2.05, 4.69) is 18.4 Å². The van der Waals surface area contributed by atoms with Crippen molar-refractivity contribution in [2.75, 3.05) is 19.0 Å². The second-order valence-electron chi connectivity index (χ2n) is 2.87. The number of thiophene rings is 1. The van der Waals surface area contributed by atoms with Crippen molar-refractivity contribution in [3.63, 3.8) is 0 Å². The van der Waals surface area contributed by atoms with E-state index in [1.165, 1.54) is 10.4 Å². The normalized spacial score (nSPS) is 24.2. The van der Waals surface area contributed by atoms with Gasteiger partial charge >= 0.3 is 0 Å². The van der Waals surface area contributed by atoms with E-state index in [1.807, 2.05) is 23.1 Å². The summed E-state index contributed by atoms with van der Waals surface area (Å²) in [5.41, 5.74) is 1.48. The number of hydrogen-bond acceptors (Lipinski definition) is 3. The third-order valence-corrected chi connectivity index (χ3v) is 4.12. The number of hydrogen-bond donors (Lipinski definition) is 0. The van der Waals surface area contributed by atoms with Crippen molar-refractivity contribution in [2.45, 2.75) is 12.2 Å². The Labute approximate surface area is 81.1 Å². The van der Waals surface area contributed by atoms with Crippen LogP contribution < -0.4 is 0 Å². The quantitative estimate of drug-likeness (QED) is 0.689. The molecule has 66 valence electrons. The highest BCUT2D eigenvalue weighted by Gasteiger charge is 2.18. The molecule has 2 rings (SSSR count). The Morgan fingerprint density at radius 1 is 1.58 bits per heavy atom. The summed E-state index contributed by atoms with van der Waals surface area (Å²) in [6.07, 6.45) is 0. The van der Waals surface area contributed by atoms with Gasteiger partial charge in [-0.05, 0) is 23.9 Å². The Morgan fingerprint density at radius 2 is 2.50 bits per heavy atom. The molecule has 1 nitrogen and oxygen atoms in total. The molecule has 1 aromatic rings. The minimum Gasteiger partial charge on any atom is -0.379 e. The minimum absolute atomic E-state index is 0.588. The first kappa shape index (κ1) is 8.60. The molecule has 0 saturated carbocycles. The SMILES string of the molecule is Cc1sccc1C1COCCS1. The van der Waals surface area contributed by atoms with E-state index in [0.717, 1.165) is 19.0 Å². The zero-order valence-electron chi connectivity index (χ0n) is 7.08. The summed E-state index contributed by atoms with van der Waals surface area (Å²) in [6, 6.07) is 2.23. The van der Waals surface area contributed by atoms with E-state index >= 15 is 0 Å². The fourth-order valence-electron chi connectivity index (χ4n) is 1.40. The molecule has 0 aliphatic carbocycles. The van der Waals surface area contributed by atoms with Crippen LogP contribution in [0.3, 0.4) is 0 Å². The molecule has 0 aromatic carbocycles. The minimum atomic E-state index is 0.588. The van der Waals surface area contributed by atoms with Gasteiger partial charge < -0.3 is 4.74 Å². The lowest BCUT2D eigenvalue weighted by atomic mass is 10.2. The smallest absolute Gasteiger partial charge is 0.0626 e. The molecule has 0 N–H and O–H groups in total. The van der Waals surface area contributed by atoms with Crippen LogP contribution in [0.2, 0.25) is 0 Å². The Hall–Kier alpha value is 0.01000. The third-order valence-electron chi connectivity index (χ3n) is 2.06. The van der Waals surface area contributed by atoms with Crippen molar-refractivity contribution in [1.82, 2.24) is 0 Å². The maximum Gasteiger partial charge on any atom is 0.0626 e. The second-order valence-corrected chi connectivity index (χ2v) is 5.30. The van der Waals surface area contributed by atoms with Crippen molar-refractivity contribution in [3.8, 4) is 0 Å². The van der Waals surface area contributed by atoms with Gasteiger partial charge in [-0.2, -0.15) is 0 Å². The van der Waals surface area contributed by atoms with Gasteiger partial charge in [0, 0.05) is 10.6 Å². The Bertz CT molecular complexity index is 251. The molecule has 0 bridgehead atoms. The van der Waals surface area contributed by atoms with Gasteiger partial charge in [-0.1, -0.05) is 0 Å². The van der Waals surface area contributed by atoms with E-state index in [-0.39, 0.29) is 0 Å². The van der Waals surface area contributed by atoms with Crippen LogP contribution in [-0.4, -0.2) is 19.0 Å². The highest BCUT2D eigenvalue weighted by molar-refractivity contribution is 7.99. The molecule has 1 atom stereocenters. The topological polar surface area (TPSA) is 9.23 Å². The molecule has 0 radical (unpaired) electrons. The predicted octanol–water partition coefficient (Wildman–Crippen LogP) is 2.86. The molecule has 3 heteroatoms. The predicted molar refractivity (Wildman–Crippen MR) is 55.1 cm³/mol. The van der Waals surface area contributed by atoms with E-state index in [4.69, 9.17) is 4.74 Å². The number of rotatable bonds is 1. The highest BCUT2D eigenvalue weighted by atomic mass is 32.2. The van der Waals surface area contributed by atoms with Gasteiger partial charge in [-0.25, -0.2) is 0 Å². The van der Waals surface area contributed by atoms with Crippen molar-refractivity contribution >= 4 is 23.1 Å². The summed E-state index contributed by atoms with van der Waals surface area (Å²) in [7, 11) is 0. The molecule has 0 amide bonds. The maximum absolute atomic E-state index is 5.44. The zero-order chi connectivity index (χ0) is 8.39. The van der Waals surface area contributed by atoms with Crippen LogP contribution in [-0.2, 0) is 4.74 Å². The fourth-order valence-corrected chi connectivity index (χ4v) is 3.36. The van der Waals surface area contributed by atoms with Crippen LogP contribution in [0.4, 0.5) is 0 Å². The Kier molecular flexibility index (Phi) is 2.73. The lowest BCUT2D eigenvalue weighted by molar-refractivity contribution is 0.143. The highest BCUT2D eigenvalue weighted by Crippen LogP contribution is 2.35. The van der Waals surface area contributed by atoms with E-state index in [9.17, 15) is 0 Å². The first-order valence-corrected chi connectivity index (χ1v) is 6.04. The van der Waals surface area contributed by atoms with Crippen LogP contribution >= 0.6 is 23.1 Å². The summed E-state index contributed by atoms with van der Waals surface area (Å²) in [5, 5.41) is 2.75. The van der Waals surface area contributed by atoms with Crippen LogP contribution in [0, 0.1) is 6.92 Å². The summed E-state index contributed by atoms with van der Waals surface area (Å²) in [6.45, 7) is 4.00. The van der Waals surface area contributed by atoms with E-state index in [1.54, 1.807) is 0 Å². The first-order valence-electron chi connectivity index (χ1n) is 4.11. The molecule has 1 aliphatic rings. The van der Waals surface area contributed by atoms with Crippen molar-refractivity contribution in [2.24, 2.45) is 0 Å². The molecule has 2 heterocycles. The van der Waals surface area contributed by atoms with Crippen LogP contribution in [0.1, 0.15) is 15.7 Å². The second kappa shape index (κ2) is 3.81. The fraction of sp³-hybridized carbons (Fsp3) is 0.556. The monoisotopic (exact) mass is 200 g/mol. The summed E-state index contributed by atoms with van der Waals surface area (Å²) >= 11 is 3.85. The molecule has 1 fully saturated rings. The largest absolute Gasteiger partial charge is 0.379 e. The molecule has 1 aromatic heterocycles. The molecule has 1 aliphatic heterocycles. The van der Waals surface area contributed by atoms with Gasteiger partial charge in [0.25, 0.3) is 0 Å². The standard InChI is InChI=1S/C9H12OS2/c1-7-8(2-4-11-7)9-6-10-3-5-12-9/h2,4,9H,3,5-6H2,1H3. The Morgan fingerprint density at radius 3 is 3.08 bits per heavy atom. The molecule has 1 unspecified atom stereocenters. The zero-order valence-corrected chi connectivity index (χ0v) is 8.71. The van der Waals surface area contributed by atoms with Gasteiger partial charge in [0.2, 0.25) is 0 Å². The molecule has 1 saturated heterocycles. The number of thioether (sulfide) groups is 1. The van der Waals surface area contributed by atoms with Gasteiger partial charge in [0.05, 0.1) is 18.5 Å². The molecule has 12 heavy (non-hydrogen) atoms. The van der Waals surface area contributed by atoms with E-state index < -0.39 is 0 Å². The first-order chi connectivity index (χ1) is 5.88. The van der Waals surface area contributed by atoms with Crippen molar-refractivity contribution < 1.29 is 4.74 Å². The average molecular weight is 200 g/mol. The summed E-state index contributed by atoms with van der Waals surface area (Å²) < 4.78 is 5.44. The summed E-state index contributed by atoms with van der Waals surface area (Å²) in [4.78, 5) is 1.44. The van der Waals surface area contributed by atoms with E-state index in [0.29, 0.717) is 5.25 Å². The van der Waals surface area contributed by atoms with Crippen molar-refractivity contribution in [1.29, 1.82) is 0 Å². The van der Waals surface area contributed by atoms with Gasteiger partial charge in [0.1, 0.15) is 0 Å². The van der Waals surface area contributed by atoms with Crippen LogP contribution in [0.25, 0.3) is 0 Å². The number of aryl methyl sites for hydroxylation is 1. The summed E-state index contributed by atoms with van der Waals surface area (Å²) in [5.74, 6) is 1.14. The van der Waals surface area contributed by atoms with Crippen molar-refractivity contribution in [3.05, 3.63) is 21.9 Å². The Balaban J connectivity index is 2.13. The van der Waals surface area contributed by atoms with Crippen LogP contribution in [0.15, 0.2) is 11.4 Å². The maximum atomic E-state index is 5.44. The average Bonchev–Trinajstić information content (AvgIpc) is 2.53. The number of ether oxygens (including phenoxy) is 1. The lowest BCUT2D eigenvalue weighted by Gasteiger charge is -2.21.